The molecule has 0 aliphatic heterocycles. The van der Waals surface area contributed by atoms with Crippen LogP contribution in [0.25, 0.3) is 0 Å². The Labute approximate surface area is 271 Å². The van der Waals surface area contributed by atoms with Gasteiger partial charge in [0.25, 0.3) is 0 Å². The lowest BCUT2D eigenvalue weighted by Crippen LogP contribution is -2.36. The van der Waals surface area contributed by atoms with Crippen LogP contribution in [0.2, 0.25) is 0 Å². The Morgan fingerprint density at radius 2 is 1.51 bits per heavy atom. The van der Waals surface area contributed by atoms with Crippen molar-refractivity contribution in [2.75, 3.05) is 32.6 Å². The standard InChI is InChI=1S/C12H15N3O4.C11H23NO.C4H10N2O.C2H6.C2H4.CH4O/c1-13-12(18)19-7-9-2-4-10(5-3-9)15-11(17)6-14-8-16;1-8(2)6-7-11(13)12-10(5)9(3)4;1-2-3-6-4(5)7;3*1-2/h2-5,8H,6-7H2,1H3,(H,13,18)(H,14,16)(H,15,17);8-10H,6-7H2,1-5H3,(H,12,13);2-3H2,1H3,(H3,5,6,7);1-2H3;1-2H2;2H,1H3. The molecule has 0 aliphatic carbocycles. The van der Waals surface area contributed by atoms with Gasteiger partial charge in [-0.2, -0.15) is 0 Å². The molecule has 0 radical (unpaired) electrons. The number of aliphatic hydroxyl groups is 1. The molecule has 6 amide bonds. The molecule has 0 aliphatic rings. The fourth-order valence-electron chi connectivity index (χ4n) is 2.41. The zero-order valence-electron chi connectivity index (χ0n) is 29.2. The van der Waals surface area contributed by atoms with Gasteiger partial charge < -0.3 is 42.2 Å². The summed E-state index contributed by atoms with van der Waals surface area (Å²) in [6.07, 6.45) is 2.53. The highest BCUT2D eigenvalue weighted by Gasteiger charge is 2.10. The number of benzene rings is 1. The third-order valence-electron chi connectivity index (χ3n) is 5.04. The first-order valence-corrected chi connectivity index (χ1v) is 15.0. The molecule has 1 aromatic rings. The van der Waals surface area contributed by atoms with Crippen LogP contribution >= 0.6 is 0 Å². The molecule has 0 saturated heterocycles. The van der Waals surface area contributed by atoms with Crippen LogP contribution in [0.3, 0.4) is 0 Å². The number of hydrogen-bond donors (Lipinski definition) is 7. The van der Waals surface area contributed by atoms with Crippen molar-refractivity contribution in [3.8, 4) is 0 Å². The molecular formula is C32H62N6O7. The number of nitrogens with two attached hydrogens (primary N) is 1. The van der Waals surface area contributed by atoms with Crippen LogP contribution in [-0.2, 0) is 25.7 Å². The van der Waals surface area contributed by atoms with Crippen molar-refractivity contribution in [2.45, 2.75) is 87.3 Å². The van der Waals surface area contributed by atoms with E-state index >= 15 is 0 Å². The second-order valence-electron chi connectivity index (χ2n) is 9.39. The number of hydrogen-bond acceptors (Lipinski definition) is 7. The van der Waals surface area contributed by atoms with Gasteiger partial charge in [0, 0.05) is 38.9 Å². The molecular weight excluding hydrogens is 580 g/mol. The zero-order valence-corrected chi connectivity index (χ0v) is 29.2. The molecule has 0 fully saturated rings. The van der Waals surface area contributed by atoms with Gasteiger partial charge in [0.1, 0.15) is 6.61 Å². The van der Waals surface area contributed by atoms with Crippen LogP contribution in [0.15, 0.2) is 37.4 Å². The van der Waals surface area contributed by atoms with Crippen LogP contribution in [-0.4, -0.2) is 68.7 Å². The van der Waals surface area contributed by atoms with E-state index in [1.165, 1.54) is 7.05 Å². The molecule has 1 atom stereocenters. The van der Waals surface area contributed by atoms with Crippen molar-refractivity contribution in [3.63, 3.8) is 0 Å². The van der Waals surface area contributed by atoms with E-state index in [0.717, 1.165) is 25.5 Å². The van der Waals surface area contributed by atoms with E-state index in [-0.39, 0.29) is 25.0 Å². The van der Waals surface area contributed by atoms with Crippen molar-refractivity contribution in [3.05, 3.63) is 43.0 Å². The smallest absolute Gasteiger partial charge is 0.407 e. The van der Waals surface area contributed by atoms with E-state index in [1.807, 2.05) is 20.8 Å². The Morgan fingerprint density at radius 1 is 0.978 bits per heavy atom. The van der Waals surface area contributed by atoms with Crippen molar-refractivity contribution in [2.24, 2.45) is 17.6 Å². The number of amides is 6. The summed E-state index contributed by atoms with van der Waals surface area (Å²) in [7, 11) is 2.48. The molecule has 0 spiro atoms. The van der Waals surface area contributed by atoms with Crippen molar-refractivity contribution < 1.29 is 33.8 Å². The summed E-state index contributed by atoms with van der Waals surface area (Å²) in [5, 5.41) is 19.6. The number of rotatable bonds is 13. The average molecular weight is 643 g/mol. The van der Waals surface area contributed by atoms with Gasteiger partial charge in [-0.25, -0.2) is 9.59 Å². The normalized spacial score (nSPS) is 9.44. The number of urea groups is 1. The van der Waals surface area contributed by atoms with Gasteiger partial charge in [0.2, 0.25) is 18.2 Å². The predicted molar refractivity (Wildman–Crippen MR) is 184 cm³/mol. The van der Waals surface area contributed by atoms with Gasteiger partial charge in [0.15, 0.2) is 0 Å². The molecule has 0 bridgehead atoms. The number of alkyl carbamates (subject to hydrolysis) is 1. The first-order valence-electron chi connectivity index (χ1n) is 15.0. The lowest BCUT2D eigenvalue weighted by atomic mass is 10.0. The second-order valence-corrected chi connectivity index (χ2v) is 9.39. The largest absolute Gasteiger partial charge is 0.445 e. The van der Waals surface area contributed by atoms with Gasteiger partial charge in [-0.05, 0) is 49.3 Å². The molecule has 1 aromatic carbocycles. The summed E-state index contributed by atoms with van der Waals surface area (Å²) in [4.78, 5) is 53.4. The number of primary amides is 1. The minimum Gasteiger partial charge on any atom is -0.445 e. The van der Waals surface area contributed by atoms with Crippen LogP contribution in [0.5, 0.6) is 0 Å². The maximum Gasteiger partial charge on any atom is 0.407 e. The van der Waals surface area contributed by atoms with Gasteiger partial charge in [-0.1, -0.05) is 60.6 Å². The maximum absolute atomic E-state index is 11.4. The second kappa shape index (κ2) is 37.9. The Balaban J connectivity index is -0.000000178. The van der Waals surface area contributed by atoms with Gasteiger partial charge in [-0.15, -0.1) is 13.2 Å². The minimum absolute atomic E-state index is 0.0783. The molecule has 13 heteroatoms. The summed E-state index contributed by atoms with van der Waals surface area (Å²) >= 11 is 0. The average Bonchev–Trinajstić information content (AvgIpc) is 3.04. The third-order valence-corrected chi connectivity index (χ3v) is 5.04. The fourth-order valence-corrected chi connectivity index (χ4v) is 2.41. The van der Waals surface area contributed by atoms with Crippen LogP contribution < -0.4 is 32.3 Å². The Hall–Kier alpha value is -4.13. The first kappa shape index (κ1) is 50.5. The SMILES string of the molecule is C=C.CC.CC(C)CCC(=O)NC(C)C(C)C.CCCNC(N)=O.CNC(=O)OCc1ccc(NC(=O)CNC=O)cc1.CO. The highest BCUT2D eigenvalue weighted by Crippen LogP contribution is 2.10. The monoisotopic (exact) mass is 642 g/mol. The highest BCUT2D eigenvalue weighted by molar-refractivity contribution is 5.93. The molecule has 0 heterocycles. The third kappa shape index (κ3) is 39.9. The molecule has 262 valence electrons. The fraction of sp³-hybridized carbons (Fsp3) is 0.594. The van der Waals surface area contributed by atoms with Crippen LogP contribution in [0.1, 0.15) is 80.2 Å². The Bertz CT molecular complexity index is 866. The summed E-state index contributed by atoms with van der Waals surface area (Å²) in [5.41, 5.74) is 6.13. The molecule has 0 aromatic heterocycles. The van der Waals surface area contributed by atoms with E-state index in [2.05, 4.69) is 74.4 Å². The topological polar surface area (TPSA) is 201 Å². The lowest BCUT2D eigenvalue weighted by molar-refractivity contribution is -0.122. The Kier molecular flexibility index (Phi) is 42.5. The van der Waals surface area contributed by atoms with E-state index < -0.39 is 12.1 Å². The summed E-state index contributed by atoms with van der Waals surface area (Å²) < 4.78 is 4.87. The maximum atomic E-state index is 11.4. The van der Waals surface area contributed by atoms with Crippen LogP contribution in [0, 0.1) is 11.8 Å². The molecule has 45 heavy (non-hydrogen) atoms. The lowest BCUT2D eigenvalue weighted by Gasteiger charge is -2.17. The van der Waals surface area contributed by atoms with Gasteiger partial charge >= 0.3 is 12.1 Å². The van der Waals surface area contributed by atoms with Crippen molar-refractivity contribution in [1.82, 2.24) is 21.3 Å². The molecule has 13 nitrogen and oxygen atoms in total. The van der Waals surface area contributed by atoms with Crippen LogP contribution in [0.4, 0.5) is 15.3 Å². The Morgan fingerprint density at radius 3 is 1.89 bits per heavy atom. The molecule has 0 saturated carbocycles. The molecule has 1 unspecified atom stereocenters. The number of carbonyl (C=O) groups excluding carboxylic acids is 5. The number of carbonyl (C=O) groups is 5. The molecule has 8 N–H and O–H groups in total. The van der Waals surface area contributed by atoms with E-state index in [0.29, 0.717) is 42.9 Å². The number of aliphatic hydroxyl groups excluding tert-OH is 1. The first-order chi connectivity index (χ1) is 21.4. The summed E-state index contributed by atoms with van der Waals surface area (Å²) in [6.45, 7) is 23.3. The highest BCUT2D eigenvalue weighted by atomic mass is 16.5. The minimum atomic E-state index is -0.502. The number of nitrogens with one attached hydrogen (secondary N) is 5. The number of anilines is 1. The van der Waals surface area contributed by atoms with Crippen molar-refractivity contribution in [1.29, 1.82) is 0 Å². The molecule has 1 rings (SSSR count). The summed E-state index contributed by atoms with van der Waals surface area (Å²) in [6, 6.07) is 6.67. The predicted octanol–water partition coefficient (Wildman–Crippen LogP) is 4.31. The van der Waals surface area contributed by atoms with E-state index in [4.69, 9.17) is 15.6 Å². The van der Waals surface area contributed by atoms with E-state index in [1.54, 1.807) is 24.3 Å². The quantitative estimate of drug-likeness (QED) is 0.123. The summed E-state index contributed by atoms with van der Waals surface area (Å²) in [5.74, 6) is 1.000. The zero-order chi connectivity index (χ0) is 36.2. The van der Waals surface area contributed by atoms with Gasteiger partial charge in [0.05, 0.1) is 6.54 Å². The van der Waals surface area contributed by atoms with E-state index in [9.17, 15) is 24.0 Å². The van der Waals surface area contributed by atoms with Crippen molar-refractivity contribution >= 4 is 36.0 Å². The number of ether oxygens (including phenoxy) is 1. The van der Waals surface area contributed by atoms with Gasteiger partial charge in [-0.3, -0.25) is 14.4 Å².